The molecule has 0 unspecified atom stereocenters. The fraction of sp³-hybridized carbons (Fsp3) is 0.211. The quantitative estimate of drug-likeness (QED) is 0.669. The van der Waals surface area contributed by atoms with Crippen molar-refractivity contribution in [1.29, 1.82) is 5.26 Å². The average Bonchev–Trinajstić information content (AvgIpc) is 2.64. The van der Waals surface area contributed by atoms with Crippen LogP contribution in [0, 0.1) is 11.3 Å². The molecule has 2 aromatic carbocycles. The van der Waals surface area contributed by atoms with Crippen LogP contribution >= 0.6 is 23.2 Å². The highest BCUT2D eigenvalue weighted by atomic mass is 35.5. The highest BCUT2D eigenvalue weighted by Gasteiger charge is 2.18. The number of ether oxygens (including phenoxy) is 1. The van der Waals surface area contributed by atoms with Crippen LogP contribution in [0.4, 0.5) is 5.69 Å². The first-order valence-electron chi connectivity index (χ1n) is 7.83. The number of esters is 1. The topological polar surface area (TPSA) is 70.4 Å². The molecule has 0 atom stereocenters. The first kappa shape index (κ1) is 19.8. The molecule has 0 saturated heterocycles. The molecule has 0 radical (unpaired) electrons. The molecule has 0 bridgehead atoms. The molecule has 0 aliphatic rings. The molecule has 134 valence electrons. The predicted molar refractivity (Wildman–Crippen MR) is 100 cm³/mol. The molecule has 0 heterocycles. The Morgan fingerprint density at radius 1 is 1.04 bits per heavy atom. The number of nitriles is 1. The Labute approximate surface area is 161 Å². The second-order valence-corrected chi connectivity index (χ2v) is 6.14. The Hall–Kier alpha value is -2.55. The summed E-state index contributed by atoms with van der Waals surface area (Å²) in [4.78, 5) is 25.9. The number of rotatable bonds is 7. The van der Waals surface area contributed by atoms with E-state index in [1.807, 2.05) is 12.1 Å². The summed E-state index contributed by atoms with van der Waals surface area (Å²) < 4.78 is 5.07. The number of carbonyl (C=O) groups is 2. The van der Waals surface area contributed by atoms with E-state index in [9.17, 15) is 9.59 Å². The van der Waals surface area contributed by atoms with E-state index in [0.29, 0.717) is 21.3 Å². The summed E-state index contributed by atoms with van der Waals surface area (Å²) in [6, 6.07) is 15.8. The van der Waals surface area contributed by atoms with E-state index in [4.69, 9.17) is 33.2 Å². The molecule has 1 amide bonds. The van der Waals surface area contributed by atoms with Crippen molar-refractivity contribution in [2.45, 2.75) is 12.8 Å². The second kappa shape index (κ2) is 9.81. The number of benzene rings is 2. The van der Waals surface area contributed by atoms with Gasteiger partial charge in [-0.3, -0.25) is 9.59 Å². The van der Waals surface area contributed by atoms with E-state index < -0.39 is 18.5 Å². The molecule has 0 N–H and O–H groups in total. The van der Waals surface area contributed by atoms with Crippen molar-refractivity contribution >= 4 is 40.8 Å². The third-order valence-electron chi connectivity index (χ3n) is 3.56. The molecule has 0 aliphatic heterocycles. The van der Waals surface area contributed by atoms with Crippen LogP contribution in [-0.4, -0.2) is 25.0 Å². The fourth-order valence-electron chi connectivity index (χ4n) is 2.28. The lowest BCUT2D eigenvalue weighted by molar-refractivity contribution is -0.147. The minimum atomic E-state index is -0.610. The van der Waals surface area contributed by atoms with Gasteiger partial charge in [-0.15, -0.1) is 0 Å². The Kier molecular flexibility index (Phi) is 7.46. The van der Waals surface area contributed by atoms with Crippen molar-refractivity contribution in [2.24, 2.45) is 0 Å². The highest BCUT2D eigenvalue weighted by Crippen LogP contribution is 2.25. The van der Waals surface area contributed by atoms with E-state index in [-0.39, 0.29) is 19.4 Å². The van der Waals surface area contributed by atoms with Crippen LogP contribution in [0.5, 0.6) is 0 Å². The van der Waals surface area contributed by atoms with Gasteiger partial charge in [-0.1, -0.05) is 47.5 Å². The Balaban J connectivity index is 1.99. The number of hydrogen-bond donors (Lipinski definition) is 0. The number of anilines is 1. The molecule has 0 saturated carbocycles. The first-order valence-corrected chi connectivity index (χ1v) is 8.59. The van der Waals surface area contributed by atoms with Gasteiger partial charge in [0.05, 0.1) is 18.9 Å². The van der Waals surface area contributed by atoms with Crippen LogP contribution < -0.4 is 4.90 Å². The molecule has 5 nitrogen and oxygen atoms in total. The molecule has 2 aromatic rings. The van der Waals surface area contributed by atoms with Crippen molar-refractivity contribution in [3.63, 3.8) is 0 Å². The molecule has 7 heteroatoms. The largest absolute Gasteiger partial charge is 0.455 e. The average molecular weight is 391 g/mol. The zero-order chi connectivity index (χ0) is 18.9. The number of hydrogen-bond acceptors (Lipinski definition) is 4. The van der Waals surface area contributed by atoms with E-state index in [1.54, 1.807) is 42.5 Å². The van der Waals surface area contributed by atoms with Crippen LogP contribution in [0.25, 0.3) is 0 Å². The van der Waals surface area contributed by atoms with Crippen molar-refractivity contribution in [3.8, 4) is 6.07 Å². The second-order valence-electron chi connectivity index (χ2n) is 5.33. The minimum absolute atomic E-state index is 0.130. The summed E-state index contributed by atoms with van der Waals surface area (Å²) in [5.41, 5.74) is 1.09. The molecule has 2 rings (SSSR count). The standard InChI is InChI=1S/C19H16Cl2N2O3/c20-16-8-4-9-17(21)15(16)12-19(25)26-13-18(24)23(11-5-10-22)14-6-2-1-3-7-14/h1-4,6-9H,5,11-13H2. The predicted octanol–water partition coefficient (Wildman–Crippen LogP) is 4.03. The smallest absolute Gasteiger partial charge is 0.310 e. The lowest BCUT2D eigenvalue weighted by Crippen LogP contribution is -2.35. The maximum absolute atomic E-state index is 12.4. The van der Waals surface area contributed by atoms with Gasteiger partial charge in [0.1, 0.15) is 0 Å². The highest BCUT2D eigenvalue weighted by molar-refractivity contribution is 6.36. The normalized spacial score (nSPS) is 10.0. The number of halogens is 2. The van der Waals surface area contributed by atoms with Gasteiger partial charge in [-0.25, -0.2) is 0 Å². The fourth-order valence-corrected chi connectivity index (χ4v) is 2.82. The van der Waals surface area contributed by atoms with Crippen LogP contribution in [-0.2, 0) is 20.7 Å². The van der Waals surface area contributed by atoms with Crippen molar-refractivity contribution in [1.82, 2.24) is 0 Å². The Morgan fingerprint density at radius 2 is 1.69 bits per heavy atom. The first-order chi connectivity index (χ1) is 12.5. The van der Waals surface area contributed by atoms with Gasteiger partial charge >= 0.3 is 5.97 Å². The molecular weight excluding hydrogens is 375 g/mol. The van der Waals surface area contributed by atoms with Crippen LogP contribution in [0.3, 0.4) is 0 Å². The van der Waals surface area contributed by atoms with Gasteiger partial charge in [-0.2, -0.15) is 5.26 Å². The summed E-state index contributed by atoms with van der Waals surface area (Å²) >= 11 is 12.1. The van der Waals surface area contributed by atoms with E-state index in [1.165, 1.54) is 4.90 Å². The monoisotopic (exact) mass is 390 g/mol. The number of para-hydroxylation sites is 1. The van der Waals surface area contributed by atoms with Crippen molar-refractivity contribution < 1.29 is 14.3 Å². The summed E-state index contributed by atoms with van der Waals surface area (Å²) in [5.74, 6) is -1.02. The molecule has 0 fully saturated rings. The van der Waals surface area contributed by atoms with E-state index in [0.717, 1.165) is 0 Å². The van der Waals surface area contributed by atoms with Crippen LogP contribution in [0.1, 0.15) is 12.0 Å². The molecule has 0 aliphatic carbocycles. The molecule has 0 spiro atoms. The SMILES string of the molecule is N#CCCN(C(=O)COC(=O)Cc1c(Cl)cccc1Cl)c1ccccc1. The molecule has 0 aromatic heterocycles. The minimum Gasteiger partial charge on any atom is -0.455 e. The molecular formula is C19H16Cl2N2O3. The Bertz CT molecular complexity index is 799. The maximum atomic E-state index is 12.4. The Morgan fingerprint density at radius 3 is 2.31 bits per heavy atom. The lowest BCUT2D eigenvalue weighted by atomic mass is 10.1. The van der Waals surface area contributed by atoms with Crippen LogP contribution in [0.2, 0.25) is 10.0 Å². The van der Waals surface area contributed by atoms with Gasteiger partial charge in [0.15, 0.2) is 6.61 Å². The number of carbonyl (C=O) groups excluding carboxylic acids is 2. The van der Waals surface area contributed by atoms with Crippen LogP contribution in [0.15, 0.2) is 48.5 Å². The summed E-state index contributed by atoms with van der Waals surface area (Å²) in [5, 5.41) is 9.50. The van der Waals surface area contributed by atoms with E-state index in [2.05, 4.69) is 0 Å². The van der Waals surface area contributed by atoms with Crippen molar-refractivity contribution in [2.75, 3.05) is 18.1 Å². The summed E-state index contributed by atoms with van der Waals surface area (Å²) in [7, 11) is 0. The van der Waals surface area contributed by atoms with Gasteiger partial charge in [-0.05, 0) is 24.3 Å². The van der Waals surface area contributed by atoms with Gasteiger partial charge in [0.2, 0.25) is 0 Å². The lowest BCUT2D eigenvalue weighted by Gasteiger charge is -2.21. The van der Waals surface area contributed by atoms with Gasteiger partial charge in [0.25, 0.3) is 5.91 Å². The summed E-state index contributed by atoms with van der Waals surface area (Å²) in [6.07, 6.45) is 0.0408. The maximum Gasteiger partial charge on any atom is 0.310 e. The third-order valence-corrected chi connectivity index (χ3v) is 4.26. The summed E-state index contributed by atoms with van der Waals surface area (Å²) in [6.45, 7) is -0.214. The molecule has 26 heavy (non-hydrogen) atoms. The third kappa shape index (κ3) is 5.48. The van der Waals surface area contributed by atoms with Gasteiger partial charge < -0.3 is 9.64 Å². The van der Waals surface area contributed by atoms with E-state index >= 15 is 0 Å². The van der Waals surface area contributed by atoms with Gasteiger partial charge in [0, 0.05) is 27.8 Å². The number of nitrogens with zero attached hydrogens (tertiary/aromatic N) is 2. The van der Waals surface area contributed by atoms with Crippen molar-refractivity contribution in [3.05, 3.63) is 64.1 Å². The number of amides is 1. The zero-order valence-electron chi connectivity index (χ0n) is 13.8. The zero-order valence-corrected chi connectivity index (χ0v) is 15.3.